The fourth-order valence-electron chi connectivity index (χ4n) is 2.57. The van der Waals surface area contributed by atoms with Gasteiger partial charge in [-0.1, -0.05) is 0 Å². The summed E-state index contributed by atoms with van der Waals surface area (Å²) in [5, 5.41) is 0. The average molecular weight is 216 g/mol. The number of carbonyl (C=O) groups excluding carboxylic acids is 1. The molecule has 2 saturated heterocycles. The van der Waals surface area contributed by atoms with Gasteiger partial charge in [0.15, 0.2) is 0 Å². The molecule has 2 atom stereocenters. The predicted octanol–water partition coefficient (Wildman–Crippen LogP) is 0.857. The van der Waals surface area contributed by atoms with E-state index < -0.39 is 0 Å². The second kappa shape index (κ2) is 3.74. The van der Waals surface area contributed by atoms with E-state index in [0.717, 1.165) is 25.9 Å². The summed E-state index contributed by atoms with van der Waals surface area (Å²) in [5.74, 6) is 0.373. The Morgan fingerprint density at radius 1 is 1.36 bits per heavy atom. The van der Waals surface area contributed by atoms with Crippen LogP contribution in [0, 0.1) is 0 Å². The standard InChI is InChI=1S/C10H20N2OS/c1-8-6-11-9(4-5-10(11)13)7-12(8)14(2)3/h8-9,14H,4-7H2,1-3H3. The molecule has 0 aliphatic carbocycles. The zero-order chi connectivity index (χ0) is 10.3. The number of hydrogen-bond donors (Lipinski definition) is 1. The van der Waals surface area contributed by atoms with Crippen molar-refractivity contribution in [2.24, 2.45) is 0 Å². The number of fused-ring (bicyclic) bond motifs is 1. The maximum atomic E-state index is 11.5. The Morgan fingerprint density at radius 3 is 2.71 bits per heavy atom. The minimum Gasteiger partial charge on any atom is -0.337 e. The first-order chi connectivity index (χ1) is 6.59. The van der Waals surface area contributed by atoms with Crippen molar-refractivity contribution >= 4 is 17.0 Å². The van der Waals surface area contributed by atoms with Crippen LogP contribution in [0.5, 0.6) is 0 Å². The van der Waals surface area contributed by atoms with E-state index in [1.807, 2.05) is 0 Å². The van der Waals surface area contributed by atoms with Gasteiger partial charge >= 0.3 is 0 Å². The Kier molecular flexibility index (Phi) is 2.75. The lowest BCUT2D eigenvalue weighted by molar-refractivity contribution is -0.130. The van der Waals surface area contributed by atoms with Gasteiger partial charge in [0, 0.05) is 31.6 Å². The van der Waals surface area contributed by atoms with Crippen LogP contribution in [0.3, 0.4) is 0 Å². The Bertz CT molecular complexity index is 244. The van der Waals surface area contributed by atoms with Crippen molar-refractivity contribution in [3.05, 3.63) is 0 Å². The number of carbonyl (C=O) groups is 1. The molecule has 2 heterocycles. The molecular weight excluding hydrogens is 196 g/mol. The van der Waals surface area contributed by atoms with Crippen molar-refractivity contribution < 1.29 is 4.79 Å². The first-order valence-electron chi connectivity index (χ1n) is 5.33. The van der Waals surface area contributed by atoms with Gasteiger partial charge in [0.25, 0.3) is 0 Å². The van der Waals surface area contributed by atoms with Gasteiger partial charge in [0.05, 0.1) is 0 Å². The smallest absolute Gasteiger partial charge is 0.222 e. The molecule has 0 aromatic carbocycles. The molecular formula is C10H20N2OS. The fourth-order valence-corrected chi connectivity index (χ4v) is 3.94. The average Bonchev–Trinajstić information content (AvgIpc) is 2.46. The number of rotatable bonds is 1. The first kappa shape index (κ1) is 10.3. The lowest BCUT2D eigenvalue weighted by Gasteiger charge is -2.45. The molecule has 0 aromatic heterocycles. The number of thiol groups is 1. The molecule has 14 heavy (non-hydrogen) atoms. The van der Waals surface area contributed by atoms with Gasteiger partial charge in [0.2, 0.25) is 5.91 Å². The number of piperazine rings is 1. The summed E-state index contributed by atoms with van der Waals surface area (Å²) >= 11 is -0.000500. The lowest BCUT2D eigenvalue weighted by Crippen LogP contribution is -2.54. The Hall–Kier alpha value is -0.220. The second-order valence-corrected chi connectivity index (χ2v) is 6.77. The highest BCUT2D eigenvalue weighted by atomic mass is 32.2. The molecule has 0 aromatic rings. The van der Waals surface area contributed by atoms with E-state index >= 15 is 0 Å². The van der Waals surface area contributed by atoms with Crippen LogP contribution < -0.4 is 0 Å². The third kappa shape index (κ3) is 1.65. The molecule has 0 N–H and O–H groups in total. The zero-order valence-corrected chi connectivity index (χ0v) is 10.1. The van der Waals surface area contributed by atoms with Gasteiger partial charge in [0.1, 0.15) is 0 Å². The quantitative estimate of drug-likeness (QED) is 0.657. The van der Waals surface area contributed by atoms with Gasteiger partial charge in [-0.25, -0.2) is 11.1 Å². The number of hydrogen-bond acceptors (Lipinski definition) is 2. The lowest BCUT2D eigenvalue weighted by atomic mass is 10.1. The van der Waals surface area contributed by atoms with Crippen molar-refractivity contribution in [2.45, 2.75) is 31.8 Å². The molecule has 2 fully saturated rings. The SMILES string of the molecule is CC1CN2C(=O)CCC2CN1[SH](C)C. The normalized spacial score (nSPS) is 34.6. The molecule has 1 amide bonds. The fraction of sp³-hybridized carbons (Fsp3) is 0.900. The highest BCUT2D eigenvalue weighted by Gasteiger charge is 2.38. The van der Waals surface area contributed by atoms with Crippen molar-refractivity contribution in [2.75, 3.05) is 25.6 Å². The van der Waals surface area contributed by atoms with Crippen LogP contribution in [-0.2, 0) is 4.79 Å². The topological polar surface area (TPSA) is 23.6 Å². The summed E-state index contributed by atoms with van der Waals surface area (Å²) in [5.41, 5.74) is 0. The van der Waals surface area contributed by atoms with Crippen molar-refractivity contribution in [1.29, 1.82) is 0 Å². The van der Waals surface area contributed by atoms with E-state index in [1.54, 1.807) is 0 Å². The number of amides is 1. The monoisotopic (exact) mass is 216 g/mol. The van der Waals surface area contributed by atoms with Gasteiger partial charge in [-0.2, -0.15) is 0 Å². The van der Waals surface area contributed by atoms with E-state index in [0.29, 0.717) is 18.0 Å². The highest BCUT2D eigenvalue weighted by molar-refractivity contribution is 8.13. The first-order valence-corrected chi connectivity index (χ1v) is 7.52. The van der Waals surface area contributed by atoms with Gasteiger partial charge in [-0.05, 0) is 25.9 Å². The molecule has 0 spiro atoms. The Morgan fingerprint density at radius 2 is 2.07 bits per heavy atom. The minimum atomic E-state index is -0.000500. The van der Waals surface area contributed by atoms with E-state index in [-0.39, 0.29) is 11.1 Å². The van der Waals surface area contributed by atoms with Crippen LogP contribution in [0.2, 0.25) is 0 Å². The van der Waals surface area contributed by atoms with Crippen LogP contribution in [0.25, 0.3) is 0 Å². The maximum Gasteiger partial charge on any atom is 0.222 e. The van der Waals surface area contributed by atoms with Crippen molar-refractivity contribution in [3.8, 4) is 0 Å². The molecule has 3 nitrogen and oxygen atoms in total. The summed E-state index contributed by atoms with van der Waals surface area (Å²) in [4.78, 5) is 13.6. The van der Waals surface area contributed by atoms with Gasteiger partial charge in [-0.3, -0.25) is 9.10 Å². The molecule has 2 unspecified atom stereocenters. The van der Waals surface area contributed by atoms with Gasteiger partial charge < -0.3 is 4.90 Å². The Balaban J connectivity index is 2.07. The van der Waals surface area contributed by atoms with Crippen LogP contribution in [0.4, 0.5) is 0 Å². The number of nitrogens with zero attached hydrogens (tertiary/aromatic N) is 2. The van der Waals surface area contributed by atoms with Crippen LogP contribution in [0.1, 0.15) is 19.8 Å². The maximum absolute atomic E-state index is 11.5. The van der Waals surface area contributed by atoms with Crippen LogP contribution >= 0.6 is 11.1 Å². The van der Waals surface area contributed by atoms with Crippen LogP contribution in [0.15, 0.2) is 0 Å². The predicted molar refractivity (Wildman–Crippen MR) is 61.7 cm³/mol. The molecule has 82 valence electrons. The summed E-state index contributed by atoms with van der Waals surface area (Å²) in [6, 6.07) is 1.07. The summed E-state index contributed by atoms with van der Waals surface area (Å²) in [6.45, 7) is 4.29. The third-order valence-corrected chi connectivity index (χ3v) is 4.92. The minimum absolute atomic E-state index is 0.000500. The van der Waals surface area contributed by atoms with E-state index in [2.05, 4.69) is 28.6 Å². The molecule has 2 aliphatic heterocycles. The molecule has 0 saturated carbocycles. The molecule has 2 rings (SSSR count). The zero-order valence-electron chi connectivity index (χ0n) is 9.23. The van der Waals surface area contributed by atoms with Crippen molar-refractivity contribution in [1.82, 2.24) is 9.21 Å². The van der Waals surface area contributed by atoms with Gasteiger partial charge in [-0.15, -0.1) is 0 Å². The molecule has 2 aliphatic rings. The van der Waals surface area contributed by atoms with E-state index in [1.165, 1.54) is 0 Å². The van der Waals surface area contributed by atoms with Crippen molar-refractivity contribution in [3.63, 3.8) is 0 Å². The molecule has 0 radical (unpaired) electrons. The van der Waals surface area contributed by atoms with E-state index in [9.17, 15) is 4.79 Å². The largest absolute Gasteiger partial charge is 0.337 e. The summed E-state index contributed by atoms with van der Waals surface area (Å²) < 4.78 is 2.58. The summed E-state index contributed by atoms with van der Waals surface area (Å²) in [6.07, 6.45) is 6.46. The third-order valence-electron chi connectivity index (χ3n) is 3.33. The van der Waals surface area contributed by atoms with E-state index in [4.69, 9.17) is 0 Å². The highest BCUT2D eigenvalue weighted by Crippen LogP contribution is 2.33. The second-order valence-electron chi connectivity index (χ2n) is 4.56. The summed E-state index contributed by atoms with van der Waals surface area (Å²) in [7, 11) is 0. The molecule has 4 heteroatoms. The van der Waals surface area contributed by atoms with Crippen LogP contribution in [-0.4, -0.2) is 52.8 Å². The Labute approximate surface area is 88.9 Å². The molecule has 0 bridgehead atoms.